The molecule has 0 aromatic rings. The molecule has 0 aliphatic carbocycles. The largest absolute Gasteiger partial charge is 0.855 e. The van der Waals surface area contributed by atoms with Gasteiger partial charge in [0.25, 0.3) is 0 Å². The zero-order valence-electron chi connectivity index (χ0n) is 15.3. The zero-order chi connectivity index (χ0) is 15.6. The highest BCUT2D eigenvalue weighted by Gasteiger charge is 2.07. The second kappa shape index (κ2) is 25.6. The molecule has 0 radical (unpaired) electrons. The smallest absolute Gasteiger partial charge is 0.0584 e. The number of thioether (sulfide) groups is 1. The number of quaternary nitrogens is 2. The van der Waals surface area contributed by atoms with E-state index in [4.69, 9.17) is 5.11 Å². The normalized spacial score (nSPS) is 10.5. The third-order valence-electron chi connectivity index (χ3n) is 2.82. The first kappa shape index (κ1) is 29.6. The Kier molecular flexibility index (Phi) is 34.5. The molecule has 6 nitrogen and oxygen atoms in total. The standard InChI is InChI=1S/C13H27NO2S.C2H5O.2H3N/c1-3-4-5-6-7-8-10-14-12(13(15)16)9-11-17-2;1-2-3;;/h12,14H,3-11H2,1-2H3,(H,15,16);2H2,1H3;2*1H3/q;-1;;/p+1. The lowest BCUT2D eigenvalue weighted by molar-refractivity contribution is -0.361. The zero-order valence-corrected chi connectivity index (χ0v) is 16.1. The molecular weight excluding hydrogens is 302 g/mol. The van der Waals surface area contributed by atoms with Gasteiger partial charge in [-0.1, -0.05) is 46.0 Å². The molecule has 0 fully saturated rings. The minimum atomic E-state index is -0.968. The van der Waals surface area contributed by atoms with E-state index in [1.165, 1.54) is 32.1 Å². The minimum absolute atomic E-state index is 0. The summed E-state index contributed by atoms with van der Waals surface area (Å²) in [6.07, 6.45) is 10.0. The Hall–Kier alpha value is -0.340. The molecule has 0 saturated heterocycles. The van der Waals surface area contributed by atoms with Gasteiger partial charge in [-0.15, -0.1) is 6.61 Å². The average molecular weight is 342 g/mol. The fraction of sp³-hybridized carbons (Fsp3) is 0.933. The van der Waals surface area contributed by atoms with Gasteiger partial charge in [0.05, 0.1) is 5.97 Å². The molecular formula is C15H39N3O3S. The predicted octanol–water partition coefficient (Wildman–Crippen LogP) is 1.93. The Morgan fingerprint density at radius 2 is 1.59 bits per heavy atom. The van der Waals surface area contributed by atoms with Crippen molar-refractivity contribution in [3.63, 3.8) is 0 Å². The Bertz CT molecular complexity index is 210. The van der Waals surface area contributed by atoms with Gasteiger partial charge in [0.15, 0.2) is 0 Å². The molecule has 22 heavy (non-hydrogen) atoms. The van der Waals surface area contributed by atoms with Crippen molar-refractivity contribution in [3.05, 3.63) is 0 Å². The molecule has 0 aliphatic rings. The SMILES string of the molecule is CCCCCCCCNC(CCSC)C(=O)[O-].CC[O-].[NH4+].[NH4+]. The second-order valence-corrected chi connectivity index (χ2v) is 5.65. The summed E-state index contributed by atoms with van der Waals surface area (Å²) in [5, 5.41) is 22.8. The first-order valence-electron chi connectivity index (χ1n) is 7.65. The highest BCUT2D eigenvalue weighted by molar-refractivity contribution is 7.98. The number of carbonyl (C=O) groups excluding carboxylic acids is 1. The Morgan fingerprint density at radius 3 is 2.05 bits per heavy atom. The molecule has 0 rings (SSSR count). The van der Waals surface area contributed by atoms with E-state index in [0.717, 1.165) is 18.7 Å². The van der Waals surface area contributed by atoms with Crippen LogP contribution in [-0.2, 0) is 4.79 Å². The van der Waals surface area contributed by atoms with E-state index in [-0.39, 0.29) is 18.9 Å². The second-order valence-electron chi connectivity index (χ2n) is 4.66. The molecule has 0 aromatic heterocycles. The maximum atomic E-state index is 10.8. The molecule has 0 spiro atoms. The summed E-state index contributed by atoms with van der Waals surface area (Å²) in [4.78, 5) is 10.8. The van der Waals surface area contributed by atoms with Gasteiger partial charge in [-0.05, 0) is 31.4 Å². The Labute approximate surface area is 141 Å². The lowest BCUT2D eigenvalue weighted by Gasteiger charge is -2.19. The lowest BCUT2D eigenvalue weighted by Crippen LogP contribution is -2.46. The number of aliphatic carboxylic acids is 1. The van der Waals surface area contributed by atoms with Crippen LogP contribution in [0.25, 0.3) is 0 Å². The van der Waals surface area contributed by atoms with Crippen molar-refractivity contribution in [2.75, 3.05) is 25.2 Å². The van der Waals surface area contributed by atoms with Crippen LogP contribution in [-0.4, -0.2) is 37.2 Å². The van der Waals surface area contributed by atoms with Crippen LogP contribution in [0.5, 0.6) is 0 Å². The number of carboxylic acids is 1. The first-order chi connectivity index (χ1) is 9.63. The van der Waals surface area contributed by atoms with Gasteiger partial charge < -0.3 is 32.6 Å². The highest BCUT2D eigenvalue weighted by atomic mass is 32.2. The molecule has 0 aromatic carbocycles. The van der Waals surface area contributed by atoms with Crippen LogP contribution in [0.15, 0.2) is 0 Å². The van der Waals surface area contributed by atoms with Gasteiger partial charge in [-0.25, -0.2) is 0 Å². The van der Waals surface area contributed by atoms with Crippen LogP contribution in [0.4, 0.5) is 0 Å². The van der Waals surface area contributed by atoms with Crippen LogP contribution in [0, 0.1) is 0 Å². The molecule has 0 aliphatic heterocycles. The van der Waals surface area contributed by atoms with E-state index < -0.39 is 12.0 Å². The van der Waals surface area contributed by atoms with E-state index in [2.05, 4.69) is 12.2 Å². The summed E-state index contributed by atoms with van der Waals surface area (Å²) < 4.78 is 0. The van der Waals surface area contributed by atoms with E-state index in [9.17, 15) is 9.90 Å². The van der Waals surface area contributed by atoms with Gasteiger partial charge in [-0.2, -0.15) is 11.8 Å². The number of carboxylic acid groups (broad SMARTS) is 1. The summed E-state index contributed by atoms with van der Waals surface area (Å²) in [6, 6.07) is -0.474. The van der Waals surface area contributed by atoms with E-state index in [1.807, 2.05) is 6.26 Å². The lowest BCUT2D eigenvalue weighted by atomic mass is 10.1. The number of nitrogens with one attached hydrogen (secondary N) is 1. The molecule has 7 heteroatoms. The molecule has 9 N–H and O–H groups in total. The summed E-state index contributed by atoms with van der Waals surface area (Å²) in [5.74, 6) is -0.104. The van der Waals surface area contributed by atoms with Crippen molar-refractivity contribution >= 4 is 17.7 Å². The van der Waals surface area contributed by atoms with Crippen LogP contribution >= 0.6 is 11.8 Å². The number of unbranched alkanes of at least 4 members (excludes halogenated alkanes) is 5. The molecule has 1 atom stereocenters. The fourth-order valence-corrected chi connectivity index (χ4v) is 2.19. The summed E-state index contributed by atoms with van der Waals surface area (Å²) in [5.41, 5.74) is 0. The number of carbonyl (C=O) groups is 1. The number of hydrogen-bond acceptors (Lipinski definition) is 5. The van der Waals surface area contributed by atoms with Gasteiger partial charge in [0.2, 0.25) is 0 Å². The predicted molar refractivity (Wildman–Crippen MR) is 95.7 cm³/mol. The van der Waals surface area contributed by atoms with Crippen molar-refractivity contribution in [2.45, 2.75) is 64.8 Å². The van der Waals surface area contributed by atoms with Crippen molar-refractivity contribution in [1.29, 1.82) is 0 Å². The van der Waals surface area contributed by atoms with Crippen LogP contribution in [0.2, 0.25) is 0 Å². The van der Waals surface area contributed by atoms with E-state index >= 15 is 0 Å². The quantitative estimate of drug-likeness (QED) is 0.464. The summed E-state index contributed by atoms with van der Waals surface area (Å²) >= 11 is 1.67. The highest BCUT2D eigenvalue weighted by Crippen LogP contribution is 2.05. The molecule has 0 saturated carbocycles. The number of rotatable bonds is 12. The van der Waals surface area contributed by atoms with Gasteiger partial charge in [0.1, 0.15) is 0 Å². The molecule has 138 valence electrons. The topological polar surface area (TPSA) is 148 Å². The monoisotopic (exact) mass is 341 g/mol. The van der Waals surface area contributed by atoms with Crippen LogP contribution in [0.1, 0.15) is 58.8 Å². The molecule has 0 amide bonds. The minimum Gasteiger partial charge on any atom is -0.855 e. The van der Waals surface area contributed by atoms with Gasteiger partial charge in [-0.3, -0.25) is 0 Å². The Balaban J connectivity index is -0.000000297. The van der Waals surface area contributed by atoms with Crippen molar-refractivity contribution < 1.29 is 15.0 Å². The van der Waals surface area contributed by atoms with Crippen molar-refractivity contribution in [1.82, 2.24) is 17.6 Å². The molecule has 0 heterocycles. The number of hydrogen-bond donors (Lipinski definition) is 3. The van der Waals surface area contributed by atoms with E-state index in [1.54, 1.807) is 18.7 Å². The first-order valence-corrected chi connectivity index (χ1v) is 9.04. The van der Waals surface area contributed by atoms with E-state index in [0.29, 0.717) is 6.42 Å². The maximum Gasteiger partial charge on any atom is 0.0584 e. The molecule has 1 unspecified atom stereocenters. The van der Waals surface area contributed by atoms with Crippen LogP contribution < -0.4 is 27.8 Å². The maximum absolute atomic E-state index is 10.8. The fourth-order valence-electron chi connectivity index (χ4n) is 1.72. The van der Waals surface area contributed by atoms with Gasteiger partial charge in [0, 0.05) is 6.04 Å². The van der Waals surface area contributed by atoms with Gasteiger partial charge >= 0.3 is 0 Å². The summed E-state index contributed by atoms with van der Waals surface area (Å²) in [6.45, 7) is 4.57. The van der Waals surface area contributed by atoms with Crippen LogP contribution in [0.3, 0.4) is 0 Å². The van der Waals surface area contributed by atoms with Crippen molar-refractivity contribution in [2.24, 2.45) is 0 Å². The summed E-state index contributed by atoms with van der Waals surface area (Å²) in [7, 11) is 0. The third kappa shape index (κ3) is 24.7. The average Bonchev–Trinajstić information content (AvgIpc) is 2.41. The van der Waals surface area contributed by atoms with Crippen molar-refractivity contribution in [3.8, 4) is 0 Å². The Morgan fingerprint density at radius 1 is 1.09 bits per heavy atom. The third-order valence-corrected chi connectivity index (χ3v) is 3.46. The molecule has 0 bridgehead atoms.